The predicted molar refractivity (Wildman–Crippen MR) is 224 cm³/mol. The zero-order valence-corrected chi connectivity index (χ0v) is 29.5. The zero-order valence-electron chi connectivity index (χ0n) is 29.5. The molecule has 2 aromatic heterocycles. The molecule has 0 aliphatic rings. The fourth-order valence-corrected chi connectivity index (χ4v) is 7.98. The fourth-order valence-electron chi connectivity index (χ4n) is 7.98. The monoisotopic (exact) mass is 681 g/mol. The molecule has 0 aliphatic heterocycles. The minimum absolute atomic E-state index is 0.858. The van der Waals surface area contributed by atoms with Gasteiger partial charge in [0.1, 0.15) is 22.3 Å². The molecular weight excluding hydrogens is 647 g/mol. The number of hydrogen-bond acceptors (Lipinski definition) is 3. The molecule has 3 heteroatoms. The van der Waals surface area contributed by atoms with Crippen LogP contribution in [-0.4, -0.2) is 0 Å². The third-order valence-corrected chi connectivity index (χ3v) is 10.5. The van der Waals surface area contributed by atoms with Crippen molar-refractivity contribution in [2.75, 3.05) is 4.90 Å². The summed E-state index contributed by atoms with van der Waals surface area (Å²) < 4.78 is 12.9. The van der Waals surface area contributed by atoms with E-state index < -0.39 is 0 Å². The van der Waals surface area contributed by atoms with Crippen molar-refractivity contribution in [2.45, 2.75) is 13.8 Å². The summed E-state index contributed by atoms with van der Waals surface area (Å²) in [4.78, 5) is 2.35. The van der Waals surface area contributed by atoms with Crippen LogP contribution in [0.4, 0.5) is 17.1 Å². The summed E-state index contributed by atoms with van der Waals surface area (Å²) in [7, 11) is 0. The van der Waals surface area contributed by atoms with Crippen LogP contribution in [0.1, 0.15) is 18.1 Å². The highest BCUT2D eigenvalue weighted by Crippen LogP contribution is 2.44. The normalized spacial score (nSPS) is 11.9. The summed E-state index contributed by atoms with van der Waals surface area (Å²) >= 11 is 0. The van der Waals surface area contributed by atoms with E-state index in [-0.39, 0.29) is 0 Å². The Bertz CT molecular complexity index is 3030. The molecule has 0 spiro atoms. The van der Waals surface area contributed by atoms with Crippen LogP contribution in [-0.2, 0) is 0 Å². The van der Waals surface area contributed by atoms with Crippen molar-refractivity contribution >= 4 is 77.8 Å². The molecule has 0 fully saturated rings. The summed E-state index contributed by atoms with van der Waals surface area (Å²) in [5, 5.41) is 6.75. The molecule has 0 saturated heterocycles. The van der Waals surface area contributed by atoms with E-state index in [9.17, 15) is 0 Å². The summed E-state index contributed by atoms with van der Waals surface area (Å²) in [6.07, 6.45) is 4.31. The fraction of sp³-hybridized carbons (Fsp3) is 0.0400. The maximum absolute atomic E-state index is 6.49. The average Bonchev–Trinajstić information content (AvgIpc) is 3.77. The summed E-state index contributed by atoms with van der Waals surface area (Å²) in [6, 6.07) is 58.3. The largest absolute Gasteiger partial charge is 0.456 e. The van der Waals surface area contributed by atoms with E-state index in [0.29, 0.717) is 0 Å². The van der Waals surface area contributed by atoms with Crippen LogP contribution in [0.5, 0.6) is 0 Å². The van der Waals surface area contributed by atoms with Gasteiger partial charge in [-0.1, -0.05) is 115 Å². The third kappa shape index (κ3) is 5.12. The van der Waals surface area contributed by atoms with Crippen molar-refractivity contribution in [2.24, 2.45) is 0 Å². The van der Waals surface area contributed by atoms with Gasteiger partial charge in [0, 0.05) is 49.9 Å². The second kappa shape index (κ2) is 12.4. The van der Waals surface area contributed by atoms with Gasteiger partial charge < -0.3 is 13.7 Å². The second-order valence-electron chi connectivity index (χ2n) is 13.7. The number of furan rings is 2. The van der Waals surface area contributed by atoms with E-state index in [1.807, 2.05) is 12.1 Å². The van der Waals surface area contributed by atoms with Crippen LogP contribution in [0.25, 0.3) is 83.0 Å². The van der Waals surface area contributed by atoms with Crippen molar-refractivity contribution in [3.05, 3.63) is 181 Å². The number of hydrogen-bond donors (Lipinski definition) is 0. The van der Waals surface area contributed by atoms with Gasteiger partial charge in [0.05, 0.1) is 5.69 Å². The first-order valence-corrected chi connectivity index (χ1v) is 18.1. The SMILES string of the molecule is C/C=C\c1c(C)cccc1-c1ccc(N(c2ccc3c(c2)oc2ccccc23)c2ccccc2-c2ccc3oc4c5ccccc5ccc4c3c2)cc1. The molecule has 0 amide bonds. The van der Waals surface area contributed by atoms with Gasteiger partial charge in [-0.25, -0.2) is 0 Å². The molecule has 0 atom stereocenters. The topological polar surface area (TPSA) is 29.5 Å². The molecule has 3 nitrogen and oxygen atoms in total. The quantitative estimate of drug-likeness (QED) is 0.175. The Kier molecular flexibility index (Phi) is 7.26. The van der Waals surface area contributed by atoms with Crippen LogP contribution < -0.4 is 4.90 Å². The molecule has 0 N–H and O–H groups in total. The number of benzene rings is 8. The highest BCUT2D eigenvalue weighted by Gasteiger charge is 2.20. The molecule has 8 aromatic carbocycles. The molecule has 53 heavy (non-hydrogen) atoms. The molecule has 10 rings (SSSR count). The second-order valence-corrected chi connectivity index (χ2v) is 13.7. The molecule has 2 heterocycles. The third-order valence-electron chi connectivity index (χ3n) is 10.5. The predicted octanol–water partition coefficient (Wildman–Crippen LogP) is 14.8. The highest BCUT2D eigenvalue weighted by atomic mass is 16.3. The van der Waals surface area contributed by atoms with E-state index in [1.54, 1.807) is 0 Å². The number of nitrogens with zero attached hydrogens (tertiary/aromatic N) is 1. The van der Waals surface area contributed by atoms with E-state index in [0.717, 1.165) is 77.5 Å². The van der Waals surface area contributed by atoms with E-state index in [2.05, 4.69) is 183 Å². The summed E-state index contributed by atoms with van der Waals surface area (Å²) in [6.45, 7) is 4.24. The summed E-state index contributed by atoms with van der Waals surface area (Å²) in [5.41, 5.74) is 13.8. The van der Waals surface area contributed by atoms with Gasteiger partial charge in [-0.05, 0) is 102 Å². The van der Waals surface area contributed by atoms with Gasteiger partial charge in [0.25, 0.3) is 0 Å². The number of fused-ring (bicyclic) bond motifs is 8. The van der Waals surface area contributed by atoms with Gasteiger partial charge in [-0.15, -0.1) is 0 Å². The first kappa shape index (κ1) is 30.9. The summed E-state index contributed by atoms with van der Waals surface area (Å²) in [5.74, 6) is 0. The van der Waals surface area contributed by atoms with Crippen molar-refractivity contribution < 1.29 is 8.83 Å². The maximum atomic E-state index is 6.49. The Morgan fingerprint density at radius 1 is 0.472 bits per heavy atom. The Balaban J connectivity index is 1.16. The van der Waals surface area contributed by atoms with Crippen LogP contribution in [0.3, 0.4) is 0 Å². The van der Waals surface area contributed by atoms with Crippen molar-refractivity contribution in [1.29, 1.82) is 0 Å². The van der Waals surface area contributed by atoms with E-state index in [4.69, 9.17) is 8.83 Å². The Morgan fingerprint density at radius 2 is 1.17 bits per heavy atom. The molecule has 0 unspecified atom stereocenters. The number of anilines is 3. The first-order valence-electron chi connectivity index (χ1n) is 18.1. The molecule has 0 bridgehead atoms. The maximum Gasteiger partial charge on any atom is 0.143 e. The van der Waals surface area contributed by atoms with Crippen LogP contribution in [0, 0.1) is 6.92 Å². The molecule has 252 valence electrons. The minimum Gasteiger partial charge on any atom is -0.456 e. The number of aryl methyl sites for hydroxylation is 1. The first-order chi connectivity index (χ1) is 26.1. The number of allylic oxidation sites excluding steroid dienone is 1. The van der Waals surface area contributed by atoms with Crippen LogP contribution >= 0.6 is 0 Å². The van der Waals surface area contributed by atoms with Crippen LogP contribution in [0.2, 0.25) is 0 Å². The molecule has 0 saturated carbocycles. The Hall–Kier alpha value is -6.84. The molecule has 0 aliphatic carbocycles. The minimum atomic E-state index is 0.858. The van der Waals surface area contributed by atoms with Gasteiger partial charge in [-0.2, -0.15) is 0 Å². The van der Waals surface area contributed by atoms with E-state index in [1.165, 1.54) is 27.6 Å². The van der Waals surface area contributed by atoms with Gasteiger partial charge in [-0.3, -0.25) is 0 Å². The number of para-hydroxylation sites is 2. The molecule has 10 aromatic rings. The lowest BCUT2D eigenvalue weighted by Crippen LogP contribution is -2.11. The van der Waals surface area contributed by atoms with Gasteiger partial charge >= 0.3 is 0 Å². The zero-order chi connectivity index (χ0) is 35.5. The lowest BCUT2D eigenvalue weighted by Gasteiger charge is -2.28. The smallest absolute Gasteiger partial charge is 0.143 e. The van der Waals surface area contributed by atoms with E-state index >= 15 is 0 Å². The lowest BCUT2D eigenvalue weighted by atomic mass is 9.95. The number of rotatable bonds is 6. The van der Waals surface area contributed by atoms with Crippen LogP contribution in [0.15, 0.2) is 179 Å². The Morgan fingerprint density at radius 3 is 2.06 bits per heavy atom. The molecular formula is C50H35NO2. The molecule has 0 radical (unpaired) electrons. The Labute approximate surface area is 307 Å². The lowest BCUT2D eigenvalue weighted by molar-refractivity contribution is 0.669. The average molecular weight is 682 g/mol. The van der Waals surface area contributed by atoms with Gasteiger partial charge in [0.15, 0.2) is 0 Å². The standard InChI is InChI=1S/C50H35NO2/c1-3-11-38-32(2)12-10-17-39(38)34-20-24-36(25-21-34)51(37-26-28-43-42-16-7-9-19-47(42)52-49(43)31-37)46-18-8-6-14-40(46)35-23-29-48-45(30-35)44-27-22-33-13-4-5-15-41(33)50(44)53-48/h3-31H,1-2H3/b11-3-. The van der Waals surface area contributed by atoms with Crippen molar-refractivity contribution in [3.8, 4) is 22.3 Å². The van der Waals surface area contributed by atoms with Crippen molar-refractivity contribution in [3.63, 3.8) is 0 Å². The van der Waals surface area contributed by atoms with Gasteiger partial charge in [0.2, 0.25) is 0 Å². The van der Waals surface area contributed by atoms with Crippen molar-refractivity contribution in [1.82, 2.24) is 0 Å². The highest BCUT2D eigenvalue weighted by molar-refractivity contribution is 6.16.